The zero-order valence-corrected chi connectivity index (χ0v) is 19.4. The predicted octanol–water partition coefficient (Wildman–Crippen LogP) is 2.51. The molecule has 0 saturated heterocycles. The monoisotopic (exact) mass is 483 g/mol. The van der Waals surface area contributed by atoms with Crippen molar-refractivity contribution < 1.29 is 8.42 Å². The Morgan fingerprint density at radius 2 is 2.06 bits per heavy atom. The molecule has 0 aliphatic carbocycles. The van der Waals surface area contributed by atoms with Gasteiger partial charge in [0.25, 0.3) is 21.7 Å². The Morgan fingerprint density at radius 1 is 1.24 bits per heavy atom. The molecule has 0 spiro atoms. The number of sulfonamides is 1. The van der Waals surface area contributed by atoms with Crippen molar-refractivity contribution in [3.05, 3.63) is 73.0 Å². The van der Waals surface area contributed by atoms with Crippen LogP contribution in [-0.4, -0.2) is 44.9 Å². The molecule has 169 valence electrons. The van der Waals surface area contributed by atoms with E-state index in [1.807, 2.05) is 42.4 Å². The lowest BCUT2D eigenvalue weighted by molar-refractivity contribution is 0.591. The maximum atomic E-state index is 12.5. The summed E-state index contributed by atoms with van der Waals surface area (Å²) in [6.07, 6.45) is 8.41. The number of aliphatic imine (C=N–C) groups is 1. The summed E-state index contributed by atoms with van der Waals surface area (Å²) in [6.45, 7) is 2.55. The molecule has 0 unspecified atom stereocenters. The molecular formula is C20H21N9O2S2+. The minimum Gasteiger partial charge on any atom is -0.323 e. The first-order chi connectivity index (χ1) is 15.9. The van der Waals surface area contributed by atoms with Crippen LogP contribution >= 0.6 is 11.9 Å². The van der Waals surface area contributed by atoms with Crippen molar-refractivity contribution in [2.24, 2.45) is 12.0 Å². The van der Waals surface area contributed by atoms with Crippen LogP contribution in [0.4, 0.5) is 11.5 Å². The third kappa shape index (κ3) is 4.51. The topological polar surface area (TPSA) is 126 Å². The summed E-state index contributed by atoms with van der Waals surface area (Å²) in [6, 6.07) is 9.12. The summed E-state index contributed by atoms with van der Waals surface area (Å²) in [5, 5.41) is 10.6. The average Bonchev–Trinajstić information content (AvgIpc) is 3.51. The van der Waals surface area contributed by atoms with E-state index in [2.05, 4.69) is 34.5 Å². The number of nitrogens with zero attached hydrogens (tertiary/aromatic N) is 6. The van der Waals surface area contributed by atoms with Crippen molar-refractivity contribution in [2.45, 2.75) is 16.8 Å². The number of anilines is 2. The van der Waals surface area contributed by atoms with Gasteiger partial charge in [-0.1, -0.05) is 0 Å². The summed E-state index contributed by atoms with van der Waals surface area (Å²) in [4.78, 5) is 11.2. The summed E-state index contributed by atoms with van der Waals surface area (Å²) >= 11 is 1.52. The highest BCUT2D eigenvalue weighted by Crippen LogP contribution is 2.29. The van der Waals surface area contributed by atoms with Gasteiger partial charge in [0.05, 0.1) is 24.9 Å². The maximum absolute atomic E-state index is 12.5. The molecule has 3 aromatic rings. The van der Waals surface area contributed by atoms with E-state index in [0.717, 1.165) is 28.1 Å². The van der Waals surface area contributed by atoms with Crippen LogP contribution in [0.1, 0.15) is 5.69 Å². The number of H-pyrrole nitrogens is 1. The molecule has 0 atom stereocenters. The first kappa shape index (κ1) is 21.3. The van der Waals surface area contributed by atoms with Gasteiger partial charge in [-0.25, -0.2) is 4.98 Å². The van der Waals surface area contributed by atoms with Gasteiger partial charge in [-0.05, 0) is 48.0 Å². The van der Waals surface area contributed by atoms with Crippen LogP contribution in [0.25, 0.3) is 0 Å². The molecule has 4 heterocycles. The van der Waals surface area contributed by atoms with Crippen LogP contribution < -0.4 is 14.9 Å². The minimum atomic E-state index is -3.71. The van der Waals surface area contributed by atoms with Crippen LogP contribution in [0, 0.1) is 6.92 Å². The van der Waals surface area contributed by atoms with E-state index < -0.39 is 10.0 Å². The Kier molecular flexibility index (Phi) is 5.44. The molecule has 1 aromatic carbocycles. The highest BCUT2D eigenvalue weighted by Gasteiger charge is 2.37. The van der Waals surface area contributed by atoms with Gasteiger partial charge in [-0.15, -0.1) is 0 Å². The molecule has 2 aromatic heterocycles. The molecule has 2 aliphatic rings. The normalized spacial score (nSPS) is 15.9. The van der Waals surface area contributed by atoms with Crippen molar-refractivity contribution in [3.8, 4) is 0 Å². The van der Waals surface area contributed by atoms with E-state index in [1.165, 1.54) is 29.0 Å². The van der Waals surface area contributed by atoms with Gasteiger partial charge in [0.2, 0.25) is 0 Å². The van der Waals surface area contributed by atoms with Gasteiger partial charge in [-0.2, -0.15) is 18.5 Å². The highest BCUT2D eigenvalue weighted by molar-refractivity contribution is 7.97. The Bertz CT molecular complexity index is 1370. The number of rotatable bonds is 7. The number of aromatic nitrogens is 4. The Hall–Kier alpha value is -3.55. The number of benzene rings is 1. The van der Waals surface area contributed by atoms with Crippen LogP contribution in [0.2, 0.25) is 0 Å². The molecule has 13 heteroatoms. The lowest BCUT2D eigenvalue weighted by Crippen LogP contribution is -2.42. The van der Waals surface area contributed by atoms with Crippen molar-refractivity contribution in [1.82, 2.24) is 29.0 Å². The Labute approximate surface area is 195 Å². The third-order valence-corrected chi connectivity index (χ3v) is 7.28. The fourth-order valence-corrected chi connectivity index (χ4v) is 5.39. The summed E-state index contributed by atoms with van der Waals surface area (Å²) in [5.74, 6) is 2.43. The number of hydrogen-bond donors (Lipinski definition) is 3. The summed E-state index contributed by atoms with van der Waals surface area (Å²) < 4.78 is 31.2. The number of imidazole rings is 1. The summed E-state index contributed by atoms with van der Waals surface area (Å²) in [7, 11) is -2.07. The van der Waals surface area contributed by atoms with Gasteiger partial charge in [0.1, 0.15) is 6.54 Å². The number of aromatic amines is 1. The molecule has 0 saturated carbocycles. The van der Waals surface area contributed by atoms with Crippen LogP contribution in [-0.2, 0) is 17.1 Å². The Balaban J connectivity index is 1.30. The fraction of sp³-hybridized carbons (Fsp3) is 0.150. The van der Waals surface area contributed by atoms with E-state index in [9.17, 15) is 8.42 Å². The van der Waals surface area contributed by atoms with E-state index in [1.54, 1.807) is 25.4 Å². The first-order valence-corrected chi connectivity index (χ1v) is 12.2. The first-order valence-electron chi connectivity index (χ1n) is 9.95. The lowest BCUT2D eigenvalue weighted by Gasteiger charge is -2.24. The van der Waals surface area contributed by atoms with Gasteiger partial charge >= 0.3 is 0 Å². The molecule has 0 bridgehead atoms. The van der Waals surface area contributed by atoms with Gasteiger partial charge < -0.3 is 4.57 Å². The molecule has 5 rings (SSSR count). The SMILES string of the molecule is Cc1cc(NC2=CN(Sc3ccc(NS(=O)(=O)c4cncn4C)cc3)CC3=NC=C[N+]23)n[nH]1. The number of hydrogen-bond acceptors (Lipinski definition) is 9. The molecular weight excluding hydrogens is 462 g/mol. The number of amidine groups is 1. The van der Waals surface area contributed by atoms with Crippen LogP contribution in [0.3, 0.4) is 0 Å². The molecule has 33 heavy (non-hydrogen) atoms. The smallest absolute Gasteiger partial charge is 0.285 e. The second-order valence-electron chi connectivity index (χ2n) is 7.43. The van der Waals surface area contributed by atoms with Crippen LogP contribution in [0.15, 0.2) is 82.2 Å². The van der Waals surface area contributed by atoms with Crippen molar-refractivity contribution in [2.75, 3.05) is 16.6 Å². The van der Waals surface area contributed by atoms with Gasteiger partial charge in [-0.3, -0.25) is 19.4 Å². The quantitative estimate of drug-likeness (QED) is 0.348. The number of aryl methyl sites for hydroxylation is 2. The second-order valence-corrected chi connectivity index (χ2v) is 10.2. The highest BCUT2D eigenvalue weighted by atomic mass is 32.2. The van der Waals surface area contributed by atoms with E-state index in [-0.39, 0.29) is 5.03 Å². The largest absolute Gasteiger partial charge is 0.323 e. The van der Waals surface area contributed by atoms with E-state index in [0.29, 0.717) is 12.2 Å². The second kappa shape index (κ2) is 8.42. The van der Waals surface area contributed by atoms with E-state index in [4.69, 9.17) is 0 Å². The molecule has 0 fully saturated rings. The van der Waals surface area contributed by atoms with E-state index >= 15 is 0 Å². The maximum Gasteiger partial charge on any atom is 0.285 e. The fourth-order valence-electron chi connectivity index (χ4n) is 3.35. The molecule has 0 amide bonds. The number of fused-ring (bicyclic) bond motifs is 1. The van der Waals surface area contributed by atoms with Crippen LogP contribution in [0.5, 0.6) is 0 Å². The standard InChI is InChI=1S/C20H21N9O2S2/c1-14-9-17(25-24-14)23-19-12-28(11-18-22-7-8-29(18)19)32-16-5-3-15(4-6-16)26-33(30,31)20-10-21-13-27(20)2/h3-10,12-13,26H,11H2,1-2H3,(H2,23,24,25)/q+1. The zero-order chi connectivity index (χ0) is 23.0. The minimum absolute atomic E-state index is 0.0991. The molecule has 1 radical (unpaired) electrons. The molecule has 3 N–H and O–H groups in total. The average molecular weight is 484 g/mol. The summed E-state index contributed by atoms with van der Waals surface area (Å²) in [5.41, 5.74) is 1.44. The molecule has 11 nitrogen and oxygen atoms in total. The lowest BCUT2D eigenvalue weighted by atomic mass is 10.3. The van der Waals surface area contributed by atoms with Gasteiger partial charge in [0.15, 0.2) is 17.0 Å². The van der Waals surface area contributed by atoms with Crippen molar-refractivity contribution >= 4 is 39.3 Å². The zero-order valence-electron chi connectivity index (χ0n) is 17.8. The molecule has 2 aliphatic heterocycles. The van der Waals surface area contributed by atoms with Crippen molar-refractivity contribution in [3.63, 3.8) is 0 Å². The third-order valence-electron chi connectivity index (χ3n) is 4.88. The van der Waals surface area contributed by atoms with Crippen molar-refractivity contribution in [1.29, 1.82) is 0 Å². The van der Waals surface area contributed by atoms with Gasteiger partial charge in [0, 0.05) is 29.4 Å². The predicted molar refractivity (Wildman–Crippen MR) is 127 cm³/mol. The number of nitrogens with one attached hydrogen (secondary N) is 3. The Morgan fingerprint density at radius 3 is 2.76 bits per heavy atom.